The molecule has 0 aromatic heterocycles. The molecule has 2 aromatic rings. The third-order valence-electron chi connectivity index (χ3n) is 3.05. The Bertz CT molecular complexity index is 851. The lowest BCUT2D eigenvalue weighted by molar-refractivity contribution is -0.384. The third-order valence-corrected chi connectivity index (χ3v) is 3.38. The van der Waals surface area contributed by atoms with Crippen molar-refractivity contribution in [2.45, 2.75) is 6.18 Å². The monoisotopic (exact) mass is 370 g/mol. The highest BCUT2D eigenvalue weighted by Crippen LogP contribution is 2.36. The minimum atomic E-state index is -4.64. The van der Waals surface area contributed by atoms with E-state index >= 15 is 0 Å². The summed E-state index contributed by atoms with van der Waals surface area (Å²) in [5, 5.41) is 12.5. The number of alkyl halides is 3. The van der Waals surface area contributed by atoms with Gasteiger partial charge in [-0.2, -0.15) is 13.2 Å². The molecule has 5 nitrogen and oxygen atoms in total. The second-order valence-electron chi connectivity index (χ2n) is 4.87. The van der Waals surface area contributed by atoms with Gasteiger partial charge in [-0.15, -0.1) is 0 Å². The van der Waals surface area contributed by atoms with Gasteiger partial charge in [0.05, 0.1) is 15.5 Å². The van der Waals surface area contributed by atoms with Crippen LogP contribution in [0.25, 0.3) is 6.08 Å². The van der Waals surface area contributed by atoms with Gasteiger partial charge in [-0.1, -0.05) is 23.7 Å². The lowest BCUT2D eigenvalue weighted by atomic mass is 10.1. The molecule has 0 bridgehead atoms. The molecule has 2 rings (SSSR count). The van der Waals surface area contributed by atoms with Crippen LogP contribution in [0.3, 0.4) is 0 Å². The molecule has 0 saturated heterocycles. The highest BCUT2D eigenvalue weighted by molar-refractivity contribution is 6.31. The zero-order valence-electron chi connectivity index (χ0n) is 12.4. The maximum Gasteiger partial charge on any atom is 0.417 e. The fraction of sp³-hybridized carbons (Fsp3) is 0.0625. The molecule has 0 saturated carbocycles. The van der Waals surface area contributed by atoms with E-state index in [0.717, 1.165) is 18.2 Å². The molecular weight excluding hydrogens is 361 g/mol. The van der Waals surface area contributed by atoms with E-state index in [1.54, 1.807) is 6.07 Å². The lowest BCUT2D eigenvalue weighted by Crippen LogP contribution is -2.11. The van der Waals surface area contributed by atoms with Crippen LogP contribution >= 0.6 is 11.6 Å². The minimum Gasteiger partial charge on any atom is -0.322 e. The van der Waals surface area contributed by atoms with Crippen molar-refractivity contribution in [3.8, 4) is 0 Å². The Balaban J connectivity index is 2.13. The standard InChI is InChI=1S/C16H10ClF3N2O3/c17-14-6-5-11(9-13(14)16(18,19)20)21-15(23)7-4-10-2-1-3-12(8-10)22(24)25/h1-9H,(H,21,23). The van der Waals surface area contributed by atoms with Crippen molar-refractivity contribution in [1.82, 2.24) is 0 Å². The molecule has 130 valence electrons. The number of nitrogens with one attached hydrogen (secondary N) is 1. The molecule has 25 heavy (non-hydrogen) atoms. The maximum atomic E-state index is 12.8. The fourth-order valence-electron chi connectivity index (χ4n) is 1.92. The molecule has 1 amide bonds. The van der Waals surface area contributed by atoms with Crippen LogP contribution in [0.15, 0.2) is 48.5 Å². The highest BCUT2D eigenvalue weighted by Gasteiger charge is 2.33. The quantitative estimate of drug-likeness (QED) is 0.471. The molecule has 0 radical (unpaired) electrons. The van der Waals surface area contributed by atoms with Gasteiger partial charge < -0.3 is 5.32 Å². The Kier molecular flexibility index (Phi) is 5.43. The van der Waals surface area contributed by atoms with Crippen molar-refractivity contribution >= 4 is 35.0 Å². The first kappa shape index (κ1) is 18.5. The molecule has 0 aliphatic carbocycles. The molecule has 0 aliphatic rings. The zero-order valence-corrected chi connectivity index (χ0v) is 13.1. The predicted molar refractivity (Wildman–Crippen MR) is 87.2 cm³/mol. The van der Waals surface area contributed by atoms with Crippen LogP contribution in [-0.4, -0.2) is 10.8 Å². The molecule has 0 aliphatic heterocycles. The number of amides is 1. The summed E-state index contributed by atoms with van der Waals surface area (Å²) >= 11 is 5.50. The Hall–Kier alpha value is -2.87. The van der Waals surface area contributed by atoms with Gasteiger partial charge in [0, 0.05) is 23.9 Å². The molecule has 0 atom stereocenters. The van der Waals surface area contributed by atoms with Gasteiger partial charge in [-0.05, 0) is 29.8 Å². The van der Waals surface area contributed by atoms with Gasteiger partial charge in [0.2, 0.25) is 5.91 Å². The molecule has 2 aromatic carbocycles. The first-order valence-corrected chi connectivity index (χ1v) is 7.15. The summed E-state index contributed by atoms with van der Waals surface area (Å²) in [7, 11) is 0. The smallest absolute Gasteiger partial charge is 0.322 e. The van der Waals surface area contributed by atoms with Crippen LogP contribution in [0.5, 0.6) is 0 Å². The van der Waals surface area contributed by atoms with E-state index in [-0.39, 0.29) is 11.4 Å². The second kappa shape index (κ2) is 7.35. The number of halogens is 4. The zero-order chi connectivity index (χ0) is 18.6. The normalized spacial score (nSPS) is 11.5. The number of hydrogen-bond donors (Lipinski definition) is 1. The molecule has 0 fully saturated rings. The Morgan fingerprint density at radius 1 is 1.20 bits per heavy atom. The van der Waals surface area contributed by atoms with Crippen LogP contribution in [0.4, 0.5) is 24.5 Å². The summed E-state index contributed by atoms with van der Waals surface area (Å²) < 4.78 is 38.3. The first-order chi connectivity index (χ1) is 11.7. The number of anilines is 1. The van der Waals surface area contributed by atoms with Crippen molar-refractivity contribution in [2.75, 3.05) is 5.32 Å². The fourth-order valence-corrected chi connectivity index (χ4v) is 2.14. The van der Waals surface area contributed by atoms with Gasteiger partial charge >= 0.3 is 6.18 Å². The van der Waals surface area contributed by atoms with Crippen molar-refractivity contribution in [3.05, 3.63) is 74.8 Å². The van der Waals surface area contributed by atoms with Crippen LogP contribution in [0.2, 0.25) is 5.02 Å². The highest BCUT2D eigenvalue weighted by atomic mass is 35.5. The lowest BCUT2D eigenvalue weighted by Gasteiger charge is -2.11. The summed E-state index contributed by atoms with van der Waals surface area (Å²) in [6.07, 6.45) is -2.28. The number of rotatable bonds is 4. The molecule has 9 heteroatoms. The number of nitro benzene ring substituents is 1. The van der Waals surface area contributed by atoms with E-state index in [9.17, 15) is 28.1 Å². The summed E-state index contributed by atoms with van der Waals surface area (Å²) in [6, 6.07) is 8.53. The predicted octanol–water partition coefficient (Wildman–Crippen LogP) is 4.92. The molecule has 0 heterocycles. The Morgan fingerprint density at radius 2 is 1.92 bits per heavy atom. The molecular formula is C16H10ClF3N2O3. The number of nitrogens with zero attached hydrogens (tertiary/aromatic N) is 1. The van der Waals surface area contributed by atoms with Gasteiger partial charge in [0.25, 0.3) is 5.69 Å². The van der Waals surface area contributed by atoms with Crippen LogP contribution in [-0.2, 0) is 11.0 Å². The van der Waals surface area contributed by atoms with Gasteiger partial charge in [-0.25, -0.2) is 0 Å². The van der Waals surface area contributed by atoms with Gasteiger partial charge in [0.1, 0.15) is 0 Å². The van der Waals surface area contributed by atoms with Gasteiger partial charge in [-0.3, -0.25) is 14.9 Å². The number of nitro groups is 1. The van der Waals surface area contributed by atoms with Crippen molar-refractivity contribution in [3.63, 3.8) is 0 Å². The maximum absolute atomic E-state index is 12.8. The summed E-state index contributed by atoms with van der Waals surface area (Å²) in [5.74, 6) is -0.693. The average molecular weight is 371 g/mol. The number of carbonyl (C=O) groups excluding carboxylic acids is 1. The first-order valence-electron chi connectivity index (χ1n) is 6.77. The summed E-state index contributed by atoms with van der Waals surface area (Å²) in [6.45, 7) is 0. The Morgan fingerprint density at radius 3 is 2.56 bits per heavy atom. The molecule has 0 unspecified atom stereocenters. The van der Waals surface area contributed by atoms with Crippen LogP contribution in [0.1, 0.15) is 11.1 Å². The van der Waals surface area contributed by atoms with E-state index in [4.69, 9.17) is 11.6 Å². The molecule has 1 N–H and O–H groups in total. The molecule has 0 spiro atoms. The third kappa shape index (κ3) is 5.05. The van der Waals surface area contributed by atoms with Crippen molar-refractivity contribution < 1.29 is 22.9 Å². The SMILES string of the molecule is O=C(C=Cc1cccc([N+](=O)[O-])c1)Nc1ccc(Cl)c(C(F)(F)F)c1. The van der Waals surface area contributed by atoms with E-state index in [1.165, 1.54) is 30.3 Å². The average Bonchev–Trinajstić information content (AvgIpc) is 2.54. The topological polar surface area (TPSA) is 72.2 Å². The number of non-ortho nitro benzene ring substituents is 1. The second-order valence-corrected chi connectivity index (χ2v) is 5.27. The van der Waals surface area contributed by atoms with Crippen molar-refractivity contribution in [2.24, 2.45) is 0 Å². The van der Waals surface area contributed by atoms with E-state index in [0.29, 0.717) is 5.56 Å². The number of hydrogen-bond acceptors (Lipinski definition) is 3. The van der Waals surface area contributed by atoms with E-state index in [2.05, 4.69) is 5.32 Å². The summed E-state index contributed by atoms with van der Waals surface area (Å²) in [4.78, 5) is 21.9. The summed E-state index contributed by atoms with van der Waals surface area (Å²) in [5.41, 5.74) is -0.883. The van der Waals surface area contributed by atoms with Crippen molar-refractivity contribution in [1.29, 1.82) is 0 Å². The van der Waals surface area contributed by atoms with E-state index < -0.39 is 27.6 Å². The van der Waals surface area contributed by atoms with Crippen LogP contribution in [0, 0.1) is 10.1 Å². The van der Waals surface area contributed by atoms with Crippen LogP contribution < -0.4 is 5.32 Å². The number of carbonyl (C=O) groups is 1. The van der Waals surface area contributed by atoms with Gasteiger partial charge in [0.15, 0.2) is 0 Å². The number of benzene rings is 2. The Labute approximate surface area is 144 Å². The van der Waals surface area contributed by atoms with E-state index in [1.807, 2.05) is 0 Å². The largest absolute Gasteiger partial charge is 0.417 e. The minimum absolute atomic E-state index is 0.0783.